The maximum Gasteiger partial charge on any atom is 0.408 e. The van der Waals surface area contributed by atoms with Gasteiger partial charge < -0.3 is 14.6 Å². The number of alkyl carbamates (subject to hydrolysis) is 1. The zero-order valence-electron chi connectivity index (χ0n) is 17.9. The molecule has 2 N–H and O–H groups in total. The summed E-state index contributed by atoms with van der Waals surface area (Å²) in [7, 11) is 0. The average molecular weight is 409 g/mol. The number of aromatic nitrogens is 1. The number of carbonyl (C=O) groups is 3. The number of carbonyl (C=O) groups excluding carboxylic acids is 3. The summed E-state index contributed by atoms with van der Waals surface area (Å²) in [6.07, 6.45) is 0.640. The molecule has 10 nitrogen and oxygen atoms in total. The number of nitrogens with zero attached hydrogens (tertiary/aromatic N) is 3. The number of rotatable bonds is 5. The van der Waals surface area contributed by atoms with Crippen LogP contribution in [0.2, 0.25) is 0 Å². The van der Waals surface area contributed by atoms with Crippen LogP contribution < -0.4 is 10.6 Å². The van der Waals surface area contributed by atoms with Crippen LogP contribution in [0.5, 0.6) is 0 Å². The Balaban J connectivity index is 2.11. The lowest BCUT2D eigenvalue weighted by atomic mass is 9.98. The molecule has 1 saturated heterocycles. The zero-order chi connectivity index (χ0) is 21.8. The first-order chi connectivity index (χ1) is 13.5. The first kappa shape index (κ1) is 22.5. The van der Waals surface area contributed by atoms with Gasteiger partial charge in [0.1, 0.15) is 11.6 Å². The monoisotopic (exact) mass is 409 g/mol. The normalized spacial score (nSPS) is 16.3. The molecule has 29 heavy (non-hydrogen) atoms. The topological polar surface area (TPSA) is 117 Å². The van der Waals surface area contributed by atoms with E-state index < -0.39 is 23.8 Å². The molecule has 2 heterocycles. The molecule has 1 aromatic rings. The number of hydrogen-bond acceptors (Lipinski definition) is 6. The van der Waals surface area contributed by atoms with Crippen molar-refractivity contribution in [2.45, 2.75) is 66.0 Å². The molecule has 2 atom stereocenters. The molecule has 162 valence electrons. The van der Waals surface area contributed by atoms with Crippen molar-refractivity contribution >= 4 is 23.9 Å². The van der Waals surface area contributed by atoms with Gasteiger partial charge in [-0.25, -0.2) is 19.6 Å². The van der Waals surface area contributed by atoms with Gasteiger partial charge in [-0.15, -0.1) is 0 Å². The Hall–Kier alpha value is -2.78. The molecule has 2 rings (SSSR count). The van der Waals surface area contributed by atoms with Crippen LogP contribution in [0.1, 0.15) is 53.2 Å². The quantitative estimate of drug-likeness (QED) is 0.772. The smallest absolute Gasteiger partial charge is 0.408 e. The van der Waals surface area contributed by atoms with Gasteiger partial charge in [0.25, 0.3) is 5.91 Å². The lowest BCUT2D eigenvalue weighted by Crippen LogP contribution is -2.56. The van der Waals surface area contributed by atoms with Crippen LogP contribution in [-0.2, 0) is 9.53 Å². The Bertz CT molecular complexity index is 742. The molecule has 0 aromatic carbocycles. The van der Waals surface area contributed by atoms with Crippen LogP contribution in [0.15, 0.2) is 10.6 Å². The van der Waals surface area contributed by atoms with Gasteiger partial charge in [0, 0.05) is 19.2 Å². The number of nitrogens with one attached hydrogen (secondary N) is 2. The number of aryl methyl sites for hydroxylation is 1. The summed E-state index contributed by atoms with van der Waals surface area (Å²) in [6.45, 7) is 11.6. The van der Waals surface area contributed by atoms with E-state index in [2.05, 4.69) is 15.8 Å². The number of hydrogen-bond donors (Lipinski definition) is 2. The minimum atomic E-state index is -0.809. The van der Waals surface area contributed by atoms with Gasteiger partial charge in [0.15, 0.2) is 0 Å². The first-order valence-corrected chi connectivity index (χ1v) is 9.84. The predicted molar refractivity (Wildman–Crippen MR) is 106 cm³/mol. The molecule has 1 aliphatic heterocycles. The molecule has 10 heteroatoms. The summed E-state index contributed by atoms with van der Waals surface area (Å²) >= 11 is 0. The van der Waals surface area contributed by atoms with E-state index in [9.17, 15) is 14.4 Å². The van der Waals surface area contributed by atoms with Crippen molar-refractivity contribution in [1.29, 1.82) is 0 Å². The fourth-order valence-electron chi connectivity index (χ4n) is 2.92. The van der Waals surface area contributed by atoms with Crippen molar-refractivity contribution in [2.24, 2.45) is 5.92 Å². The van der Waals surface area contributed by atoms with Crippen molar-refractivity contribution in [2.75, 3.05) is 18.4 Å². The van der Waals surface area contributed by atoms with Crippen LogP contribution in [0, 0.1) is 12.8 Å². The third kappa shape index (κ3) is 6.10. The minimum absolute atomic E-state index is 0.141. The maximum absolute atomic E-state index is 13.2. The molecule has 0 aliphatic carbocycles. The molecule has 2 unspecified atom stereocenters. The summed E-state index contributed by atoms with van der Waals surface area (Å²) in [6, 6.07) is 0.287. The number of amides is 4. The van der Waals surface area contributed by atoms with Crippen LogP contribution in [0.3, 0.4) is 0 Å². The summed E-state index contributed by atoms with van der Waals surface area (Å²) < 4.78 is 10.3. The lowest BCUT2D eigenvalue weighted by Gasteiger charge is -2.33. The fraction of sp³-hybridized carbons (Fsp3) is 0.684. The summed E-state index contributed by atoms with van der Waals surface area (Å²) in [4.78, 5) is 38.1. The van der Waals surface area contributed by atoms with E-state index in [-0.39, 0.29) is 17.7 Å². The van der Waals surface area contributed by atoms with Crippen LogP contribution in [-0.4, -0.2) is 57.9 Å². The molecule has 0 bridgehead atoms. The highest BCUT2D eigenvalue weighted by Crippen LogP contribution is 2.19. The fourth-order valence-corrected chi connectivity index (χ4v) is 2.92. The second-order valence-electron chi connectivity index (χ2n) is 8.21. The van der Waals surface area contributed by atoms with Gasteiger partial charge in [-0.2, -0.15) is 0 Å². The van der Waals surface area contributed by atoms with Crippen molar-refractivity contribution < 1.29 is 23.6 Å². The highest BCUT2D eigenvalue weighted by molar-refractivity contribution is 5.92. The van der Waals surface area contributed by atoms with Gasteiger partial charge >= 0.3 is 12.1 Å². The van der Waals surface area contributed by atoms with E-state index in [1.54, 1.807) is 33.8 Å². The van der Waals surface area contributed by atoms with E-state index in [4.69, 9.17) is 9.26 Å². The van der Waals surface area contributed by atoms with E-state index in [1.165, 1.54) is 10.0 Å². The molecule has 0 spiro atoms. The van der Waals surface area contributed by atoms with E-state index >= 15 is 0 Å². The molecule has 1 aromatic heterocycles. The van der Waals surface area contributed by atoms with Gasteiger partial charge in [-0.05, 0) is 40.0 Å². The molecular weight excluding hydrogens is 378 g/mol. The van der Waals surface area contributed by atoms with Crippen molar-refractivity contribution in [3.8, 4) is 0 Å². The second-order valence-corrected chi connectivity index (χ2v) is 8.21. The Morgan fingerprint density at radius 3 is 2.48 bits per heavy atom. The van der Waals surface area contributed by atoms with Crippen molar-refractivity contribution in [1.82, 2.24) is 20.5 Å². The Labute approximate surface area is 170 Å². The summed E-state index contributed by atoms with van der Waals surface area (Å²) in [5.74, 6) is -0.291. The van der Waals surface area contributed by atoms with Gasteiger partial charge in [0.05, 0.1) is 5.69 Å². The largest absolute Gasteiger partial charge is 0.444 e. The molecule has 0 saturated carbocycles. The molecule has 0 radical (unpaired) electrons. The number of ether oxygens (including phenoxy) is 1. The molecule has 1 fully saturated rings. The van der Waals surface area contributed by atoms with Crippen LogP contribution in [0.4, 0.5) is 15.5 Å². The Morgan fingerprint density at radius 2 is 1.93 bits per heavy atom. The van der Waals surface area contributed by atoms with Crippen molar-refractivity contribution in [3.63, 3.8) is 0 Å². The summed E-state index contributed by atoms with van der Waals surface area (Å²) in [5.41, 5.74) is -0.0462. The molecule has 4 amide bonds. The average Bonchev–Trinajstić information content (AvgIpc) is 3.26. The number of hydrazine groups is 1. The highest BCUT2D eigenvalue weighted by atomic mass is 16.6. The standard InChI is InChI=1S/C19H31N5O5/c1-7-12(2)15(21-18(27)28-19(4,5)6)16(25)23-9-8-10-24(23)17(26)20-14-11-13(3)22-29-14/h11-12,15H,7-10H2,1-6H3,(H,20,26)(H,21,27). The third-order valence-electron chi connectivity index (χ3n) is 4.53. The molecule has 1 aliphatic rings. The van der Waals surface area contributed by atoms with E-state index in [1.807, 2.05) is 13.8 Å². The number of urea groups is 1. The highest BCUT2D eigenvalue weighted by Gasteiger charge is 2.38. The zero-order valence-corrected chi connectivity index (χ0v) is 17.9. The maximum atomic E-state index is 13.2. The first-order valence-electron chi connectivity index (χ1n) is 9.84. The minimum Gasteiger partial charge on any atom is -0.444 e. The van der Waals surface area contributed by atoms with Crippen LogP contribution >= 0.6 is 0 Å². The van der Waals surface area contributed by atoms with Gasteiger partial charge in [0.2, 0.25) is 5.88 Å². The Kier molecular flexibility index (Phi) is 7.10. The molecular formula is C19H31N5O5. The van der Waals surface area contributed by atoms with Crippen LogP contribution in [0.25, 0.3) is 0 Å². The summed E-state index contributed by atoms with van der Waals surface area (Å²) in [5, 5.41) is 11.7. The third-order valence-corrected chi connectivity index (χ3v) is 4.53. The van der Waals surface area contributed by atoms with Gasteiger partial charge in [-0.1, -0.05) is 25.4 Å². The van der Waals surface area contributed by atoms with Crippen molar-refractivity contribution in [3.05, 3.63) is 11.8 Å². The van der Waals surface area contributed by atoms with Gasteiger partial charge in [-0.3, -0.25) is 10.1 Å². The second kappa shape index (κ2) is 9.15. The lowest BCUT2D eigenvalue weighted by molar-refractivity contribution is -0.143. The SMILES string of the molecule is CCC(C)C(NC(=O)OC(C)(C)C)C(=O)N1CCCN1C(=O)Nc1cc(C)no1. The van der Waals surface area contributed by atoms with E-state index in [0.29, 0.717) is 31.6 Å². The number of anilines is 1. The van der Waals surface area contributed by atoms with E-state index in [0.717, 1.165) is 0 Å². The predicted octanol–water partition coefficient (Wildman–Crippen LogP) is 2.90. The Morgan fingerprint density at radius 1 is 1.28 bits per heavy atom.